The second-order valence-corrected chi connectivity index (χ2v) is 4.44. The first kappa shape index (κ1) is 13.1. The fourth-order valence-corrected chi connectivity index (χ4v) is 1.54. The number of aryl methyl sites for hydroxylation is 1. The fraction of sp³-hybridized carbons (Fsp3) is 0.364. The predicted octanol–water partition coefficient (Wildman–Crippen LogP) is 2.57. The monoisotopic (exact) mass is 288 g/mol. The van der Waals surface area contributed by atoms with Gasteiger partial charge in [-0.15, -0.1) is 0 Å². The minimum absolute atomic E-state index is 0.260. The summed E-state index contributed by atoms with van der Waals surface area (Å²) in [5.41, 5.74) is 6.82. The summed E-state index contributed by atoms with van der Waals surface area (Å²) in [5.74, 6) is -0.612. The van der Waals surface area contributed by atoms with E-state index in [2.05, 4.69) is 21.2 Å². The first-order valence-corrected chi connectivity index (χ1v) is 5.77. The quantitative estimate of drug-likeness (QED) is 0.898. The Bertz CT molecular complexity index is 409. The maximum Gasteiger partial charge on any atom is 0.241 e. The predicted molar refractivity (Wildman–Crippen MR) is 65.7 cm³/mol. The van der Waals surface area contributed by atoms with Crippen LogP contribution in [-0.4, -0.2) is 11.9 Å². The van der Waals surface area contributed by atoms with Crippen LogP contribution in [0.25, 0.3) is 0 Å². The Hall–Kier alpha value is -0.940. The highest BCUT2D eigenvalue weighted by Gasteiger charge is 2.13. The molecule has 1 atom stereocenters. The van der Waals surface area contributed by atoms with Gasteiger partial charge in [0.2, 0.25) is 5.91 Å². The lowest BCUT2D eigenvalue weighted by Gasteiger charge is -2.12. The number of carbonyl (C=O) groups excluding carboxylic acids is 1. The highest BCUT2D eigenvalue weighted by molar-refractivity contribution is 9.10. The Balaban J connectivity index is 2.90. The van der Waals surface area contributed by atoms with Crippen molar-refractivity contribution in [3.05, 3.63) is 28.0 Å². The number of anilines is 1. The molecule has 0 radical (unpaired) electrons. The van der Waals surface area contributed by atoms with E-state index in [9.17, 15) is 9.18 Å². The van der Waals surface area contributed by atoms with Gasteiger partial charge in [0.15, 0.2) is 0 Å². The van der Waals surface area contributed by atoms with Gasteiger partial charge in [0, 0.05) is 5.69 Å². The summed E-state index contributed by atoms with van der Waals surface area (Å²) in [6, 6.07) is 2.35. The van der Waals surface area contributed by atoms with Crippen LogP contribution in [0.15, 0.2) is 16.6 Å². The first-order valence-electron chi connectivity index (χ1n) is 4.97. The van der Waals surface area contributed by atoms with Gasteiger partial charge in [0.05, 0.1) is 10.5 Å². The lowest BCUT2D eigenvalue weighted by molar-refractivity contribution is -0.117. The normalized spacial score (nSPS) is 12.3. The molecule has 3 N–H and O–H groups in total. The maximum atomic E-state index is 13.1. The minimum Gasteiger partial charge on any atom is -0.324 e. The van der Waals surface area contributed by atoms with Crippen LogP contribution in [0.4, 0.5) is 10.1 Å². The molecule has 16 heavy (non-hydrogen) atoms. The van der Waals surface area contributed by atoms with Gasteiger partial charge < -0.3 is 11.1 Å². The molecule has 5 heteroatoms. The Kier molecular flexibility index (Phi) is 4.44. The van der Waals surface area contributed by atoms with Crippen LogP contribution in [-0.2, 0) is 4.79 Å². The smallest absolute Gasteiger partial charge is 0.241 e. The number of hydrogen-bond donors (Lipinski definition) is 2. The fourth-order valence-electron chi connectivity index (χ4n) is 1.19. The zero-order valence-corrected chi connectivity index (χ0v) is 10.8. The molecule has 1 amide bonds. The van der Waals surface area contributed by atoms with E-state index in [4.69, 9.17) is 5.73 Å². The lowest BCUT2D eigenvalue weighted by atomic mass is 10.1. The van der Waals surface area contributed by atoms with Crippen molar-refractivity contribution >= 4 is 27.5 Å². The van der Waals surface area contributed by atoms with Crippen molar-refractivity contribution in [1.82, 2.24) is 0 Å². The molecule has 1 aromatic rings. The van der Waals surface area contributed by atoms with Crippen LogP contribution < -0.4 is 11.1 Å². The molecule has 0 spiro atoms. The first-order chi connectivity index (χ1) is 7.45. The molecule has 1 rings (SSSR count). The van der Waals surface area contributed by atoms with Crippen molar-refractivity contribution in [3.8, 4) is 0 Å². The molecular formula is C11H14BrFN2O. The summed E-state index contributed by atoms with van der Waals surface area (Å²) in [6.07, 6.45) is 0.563. The van der Waals surface area contributed by atoms with Gasteiger partial charge in [-0.1, -0.05) is 6.92 Å². The van der Waals surface area contributed by atoms with E-state index >= 15 is 0 Å². The van der Waals surface area contributed by atoms with E-state index < -0.39 is 6.04 Å². The standard InChI is InChI=1S/C11H14BrFN2O/c1-3-9(14)11(16)15-10-5-7(12)8(13)4-6(10)2/h4-5,9H,3,14H2,1-2H3,(H,15,16). The molecule has 0 fully saturated rings. The van der Waals surface area contributed by atoms with Crippen LogP contribution >= 0.6 is 15.9 Å². The van der Waals surface area contributed by atoms with Crippen LogP contribution in [0.5, 0.6) is 0 Å². The van der Waals surface area contributed by atoms with Gasteiger partial charge >= 0.3 is 0 Å². The number of nitrogens with one attached hydrogen (secondary N) is 1. The molecule has 0 aliphatic carbocycles. The number of halogens is 2. The summed E-state index contributed by atoms with van der Waals surface area (Å²) < 4.78 is 13.5. The van der Waals surface area contributed by atoms with E-state index in [-0.39, 0.29) is 11.7 Å². The van der Waals surface area contributed by atoms with E-state index in [0.29, 0.717) is 22.1 Å². The Morgan fingerprint density at radius 1 is 1.62 bits per heavy atom. The third-order valence-corrected chi connectivity index (χ3v) is 2.91. The van der Waals surface area contributed by atoms with Gasteiger partial charge in [-0.05, 0) is 47.0 Å². The number of benzene rings is 1. The Morgan fingerprint density at radius 3 is 2.81 bits per heavy atom. The highest BCUT2D eigenvalue weighted by Crippen LogP contribution is 2.24. The van der Waals surface area contributed by atoms with E-state index in [1.54, 1.807) is 6.92 Å². The number of amides is 1. The van der Waals surface area contributed by atoms with E-state index in [0.717, 1.165) is 0 Å². The zero-order chi connectivity index (χ0) is 12.3. The minimum atomic E-state index is -0.539. The molecule has 3 nitrogen and oxygen atoms in total. The Labute approximate surface area is 102 Å². The molecule has 88 valence electrons. The van der Waals surface area contributed by atoms with Crippen molar-refractivity contribution in [1.29, 1.82) is 0 Å². The molecule has 0 aromatic heterocycles. The van der Waals surface area contributed by atoms with Crippen molar-refractivity contribution < 1.29 is 9.18 Å². The summed E-state index contributed by atoms with van der Waals surface area (Å²) in [7, 11) is 0. The maximum absolute atomic E-state index is 13.1. The van der Waals surface area contributed by atoms with Crippen molar-refractivity contribution in [2.45, 2.75) is 26.3 Å². The van der Waals surface area contributed by atoms with Gasteiger partial charge in [-0.25, -0.2) is 4.39 Å². The molecule has 0 bridgehead atoms. The average Bonchev–Trinajstić information content (AvgIpc) is 2.24. The van der Waals surface area contributed by atoms with Crippen LogP contribution in [0, 0.1) is 12.7 Å². The Morgan fingerprint density at radius 2 is 2.25 bits per heavy atom. The van der Waals surface area contributed by atoms with Gasteiger partial charge in [-0.2, -0.15) is 0 Å². The number of nitrogens with two attached hydrogens (primary N) is 1. The molecule has 0 saturated heterocycles. The SMILES string of the molecule is CCC(N)C(=O)Nc1cc(Br)c(F)cc1C. The third kappa shape index (κ3) is 3.02. The summed E-state index contributed by atoms with van der Waals surface area (Å²) in [4.78, 5) is 11.5. The molecule has 0 aliphatic rings. The lowest BCUT2D eigenvalue weighted by Crippen LogP contribution is -2.35. The molecular weight excluding hydrogens is 275 g/mol. The number of hydrogen-bond acceptors (Lipinski definition) is 2. The van der Waals surface area contributed by atoms with Crippen LogP contribution in [0.2, 0.25) is 0 Å². The molecule has 1 aromatic carbocycles. The van der Waals surface area contributed by atoms with Crippen molar-refractivity contribution in [2.75, 3.05) is 5.32 Å². The summed E-state index contributed by atoms with van der Waals surface area (Å²) >= 11 is 3.07. The van der Waals surface area contributed by atoms with Crippen LogP contribution in [0.3, 0.4) is 0 Å². The van der Waals surface area contributed by atoms with Crippen LogP contribution in [0.1, 0.15) is 18.9 Å². The zero-order valence-electron chi connectivity index (χ0n) is 9.18. The number of rotatable bonds is 3. The molecule has 1 unspecified atom stereocenters. The van der Waals surface area contributed by atoms with E-state index in [1.807, 2.05) is 6.92 Å². The summed E-state index contributed by atoms with van der Waals surface area (Å²) in [6.45, 7) is 3.56. The van der Waals surface area contributed by atoms with E-state index in [1.165, 1.54) is 12.1 Å². The molecule has 0 aliphatic heterocycles. The summed E-state index contributed by atoms with van der Waals surface area (Å²) in [5, 5.41) is 2.67. The van der Waals surface area contributed by atoms with Gasteiger partial charge in [0.25, 0.3) is 0 Å². The topological polar surface area (TPSA) is 55.1 Å². The third-order valence-electron chi connectivity index (χ3n) is 2.30. The van der Waals surface area contributed by atoms with Crippen molar-refractivity contribution in [3.63, 3.8) is 0 Å². The van der Waals surface area contributed by atoms with Crippen molar-refractivity contribution in [2.24, 2.45) is 5.73 Å². The number of carbonyl (C=O) groups is 1. The average molecular weight is 289 g/mol. The second kappa shape index (κ2) is 5.41. The van der Waals surface area contributed by atoms with Gasteiger partial charge in [-0.3, -0.25) is 4.79 Å². The molecule has 0 saturated carbocycles. The highest BCUT2D eigenvalue weighted by atomic mass is 79.9. The second-order valence-electron chi connectivity index (χ2n) is 3.59. The molecule has 0 heterocycles. The van der Waals surface area contributed by atoms with Gasteiger partial charge in [0.1, 0.15) is 5.82 Å². The largest absolute Gasteiger partial charge is 0.324 e.